The van der Waals surface area contributed by atoms with Crippen molar-refractivity contribution in [1.82, 2.24) is 4.98 Å². The van der Waals surface area contributed by atoms with Crippen molar-refractivity contribution >= 4 is 16.5 Å². The van der Waals surface area contributed by atoms with Gasteiger partial charge in [0.15, 0.2) is 0 Å². The minimum Gasteiger partial charge on any atom is -0.398 e. The van der Waals surface area contributed by atoms with Crippen LogP contribution in [0.1, 0.15) is 16.8 Å². The summed E-state index contributed by atoms with van der Waals surface area (Å²) in [5, 5.41) is 8.79. The van der Waals surface area contributed by atoms with Gasteiger partial charge in [0.05, 0.1) is 27.1 Å². The minimum absolute atomic E-state index is 0.324. The molecule has 1 heterocycles. The molecule has 5 heteroatoms. The van der Waals surface area contributed by atoms with Crippen molar-refractivity contribution < 1.29 is 4.21 Å². The molecule has 0 radical (unpaired) electrons. The molecule has 0 amide bonds. The van der Waals surface area contributed by atoms with Gasteiger partial charge in [-0.05, 0) is 36.2 Å². The van der Waals surface area contributed by atoms with Crippen LogP contribution in [0.3, 0.4) is 0 Å². The van der Waals surface area contributed by atoms with Crippen molar-refractivity contribution in [1.29, 1.82) is 5.26 Å². The van der Waals surface area contributed by atoms with Crippen LogP contribution in [0.15, 0.2) is 41.4 Å². The molecule has 0 aliphatic carbocycles. The molecule has 0 saturated heterocycles. The highest BCUT2D eigenvalue weighted by atomic mass is 32.2. The second-order valence-electron chi connectivity index (χ2n) is 4.14. The first kappa shape index (κ1) is 13.2. The zero-order valence-electron chi connectivity index (χ0n) is 10.5. The third-order valence-corrected chi connectivity index (χ3v) is 4.21. The number of hydrogen-bond donors (Lipinski definition) is 1. The van der Waals surface area contributed by atoms with Gasteiger partial charge in [-0.25, -0.2) is 4.98 Å². The molecule has 96 valence electrons. The highest BCUT2D eigenvalue weighted by Gasteiger charge is 2.10. The van der Waals surface area contributed by atoms with Crippen molar-refractivity contribution in [3.05, 3.63) is 53.3 Å². The maximum Gasteiger partial charge on any atom is 0.140 e. The number of pyridine rings is 1. The molecule has 1 unspecified atom stereocenters. The van der Waals surface area contributed by atoms with E-state index in [1.807, 2.05) is 25.1 Å². The maximum absolute atomic E-state index is 12.3. The lowest BCUT2D eigenvalue weighted by atomic mass is 10.2. The summed E-state index contributed by atoms with van der Waals surface area (Å²) in [5.41, 5.74) is 8.55. The van der Waals surface area contributed by atoms with Crippen LogP contribution in [0.25, 0.3) is 0 Å². The van der Waals surface area contributed by atoms with Crippen LogP contribution < -0.4 is 5.73 Å². The van der Waals surface area contributed by atoms with Crippen molar-refractivity contribution in [3.8, 4) is 6.07 Å². The van der Waals surface area contributed by atoms with Crippen LogP contribution in [0.5, 0.6) is 0 Å². The first-order valence-corrected chi connectivity index (χ1v) is 7.02. The molecular formula is C14H13N3OS. The molecule has 0 spiro atoms. The number of benzene rings is 1. The fourth-order valence-corrected chi connectivity index (χ4v) is 2.98. The number of aryl methyl sites for hydroxylation is 1. The zero-order chi connectivity index (χ0) is 13.8. The number of nitrogen functional groups attached to an aromatic ring is 1. The number of rotatable bonds is 3. The van der Waals surface area contributed by atoms with Gasteiger partial charge in [0.25, 0.3) is 0 Å². The average molecular weight is 271 g/mol. The zero-order valence-corrected chi connectivity index (χ0v) is 11.3. The third kappa shape index (κ3) is 2.98. The second-order valence-corrected chi connectivity index (χ2v) is 5.56. The Labute approximate surface area is 114 Å². The van der Waals surface area contributed by atoms with E-state index in [0.717, 1.165) is 11.1 Å². The topological polar surface area (TPSA) is 79.8 Å². The van der Waals surface area contributed by atoms with E-state index in [1.54, 1.807) is 24.4 Å². The summed E-state index contributed by atoms with van der Waals surface area (Å²) in [6.07, 6.45) is 1.55. The van der Waals surface area contributed by atoms with Crippen molar-refractivity contribution in [2.24, 2.45) is 0 Å². The summed E-state index contributed by atoms with van der Waals surface area (Å²) in [7, 11) is -1.23. The molecule has 0 bridgehead atoms. The Morgan fingerprint density at radius 3 is 2.95 bits per heavy atom. The fourth-order valence-electron chi connectivity index (χ4n) is 1.71. The van der Waals surface area contributed by atoms with Gasteiger partial charge in [-0.3, -0.25) is 4.21 Å². The summed E-state index contributed by atoms with van der Waals surface area (Å²) in [4.78, 5) is 4.52. The van der Waals surface area contributed by atoms with E-state index in [-0.39, 0.29) is 0 Å². The van der Waals surface area contributed by atoms with E-state index in [9.17, 15) is 4.21 Å². The average Bonchev–Trinajstić information content (AvgIpc) is 2.42. The van der Waals surface area contributed by atoms with Crippen LogP contribution in [0.2, 0.25) is 0 Å². The van der Waals surface area contributed by atoms with Crippen molar-refractivity contribution in [2.75, 3.05) is 5.73 Å². The Balaban J connectivity index is 2.26. The monoisotopic (exact) mass is 271 g/mol. The van der Waals surface area contributed by atoms with Gasteiger partial charge < -0.3 is 5.73 Å². The second kappa shape index (κ2) is 5.63. The van der Waals surface area contributed by atoms with Crippen LogP contribution in [-0.4, -0.2) is 9.19 Å². The van der Waals surface area contributed by atoms with Crippen LogP contribution in [-0.2, 0) is 16.6 Å². The predicted octanol–water partition coefficient (Wildman–Crippen LogP) is 2.15. The molecule has 19 heavy (non-hydrogen) atoms. The molecule has 2 rings (SSSR count). The van der Waals surface area contributed by atoms with E-state index in [2.05, 4.69) is 4.98 Å². The largest absolute Gasteiger partial charge is 0.398 e. The molecule has 4 nitrogen and oxygen atoms in total. The van der Waals surface area contributed by atoms with Crippen LogP contribution in [0, 0.1) is 18.3 Å². The number of nitriles is 1. The Kier molecular flexibility index (Phi) is 3.93. The molecule has 2 aromatic rings. The lowest BCUT2D eigenvalue weighted by Gasteiger charge is -2.08. The fraction of sp³-hybridized carbons (Fsp3) is 0.143. The van der Waals surface area contributed by atoms with Gasteiger partial charge in [0.2, 0.25) is 0 Å². The third-order valence-electron chi connectivity index (χ3n) is 2.77. The quantitative estimate of drug-likeness (QED) is 0.867. The summed E-state index contributed by atoms with van der Waals surface area (Å²) in [6, 6.07) is 10.9. The molecule has 1 aromatic heterocycles. The number of para-hydroxylation sites is 1. The highest BCUT2D eigenvalue weighted by Crippen LogP contribution is 2.22. The first-order valence-electron chi connectivity index (χ1n) is 5.70. The lowest BCUT2D eigenvalue weighted by molar-refractivity contribution is 0.683. The molecule has 1 aromatic carbocycles. The Hall–Kier alpha value is -2.19. The number of hydrogen-bond acceptors (Lipinski definition) is 4. The molecule has 1 atom stereocenters. The Morgan fingerprint density at radius 1 is 1.42 bits per heavy atom. The normalized spacial score (nSPS) is 11.8. The number of nitrogens with two attached hydrogens (primary N) is 1. The molecule has 0 fully saturated rings. The minimum atomic E-state index is -1.23. The summed E-state index contributed by atoms with van der Waals surface area (Å²) in [6.45, 7) is 1.89. The standard InChI is InChI=1S/C14H13N3OS/c1-10-3-2-4-13(14(10)16)19(18)9-11-5-6-17-12(7-11)8-15/h2-7H,9,16H2,1H3. The van der Waals surface area contributed by atoms with E-state index in [0.29, 0.717) is 22.0 Å². The van der Waals surface area contributed by atoms with E-state index < -0.39 is 10.8 Å². The van der Waals surface area contributed by atoms with Gasteiger partial charge in [-0.1, -0.05) is 12.1 Å². The maximum atomic E-state index is 12.3. The first-order chi connectivity index (χ1) is 9.11. The molecular weight excluding hydrogens is 258 g/mol. The molecule has 0 saturated carbocycles. The van der Waals surface area contributed by atoms with E-state index in [1.165, 1.54) is 0 Å². The summed E-state index contributed by atoms with van der Waals surface area (Å²) >= 11 is 0. The van der Waals surface area contributed by atoms with Crippen LogP contribution in [0.4, 0.5) is 5.69 Å². The van der Waals surface area contributed by atoms with Gasteiger partial charge in [0.1, 0.15) is 11.8 Å². The Bertz CT molecular complexity index is 677. The van der Waals surface area contributed by atoms with Crippen molar-refractivity contribution in [3.63, 3.8) is 0 Å². The SMILES string of the molecule is Cc1cccc(S(=O)Cc2ccnc(C#N)c2)c1N. The molecule has 2 N–H and O–H groups in total. The highest BCUT2D eigenvalue weighted by molar-refractivity contribution is 7.84. The van der Waals surface area contributed by atoms with Gasteiger partial charge in [-0.2, -0.15) is 5.26 Å². The summed E-state index contributed by atoms with van der Waals surface area (Å²) in [5.74, 6) is 0.324. The smallest absolute Gasteiger partial charge is 0.140 e. The predicted molar refractivity (Wildman–Crippen MR) is 74.7 cm³/mol. The van der Waals surface area contributed by atoms with Crippen molar-refractivity contribution in [2.45, 2.75) is 17.6 Å². The van der Waals surface area contributed by atoms with E-state index >= 15 is 0 Å². The number of aromatic nitrogens is 1. The van der Waals surface area contributed by atoms with Gasteiger partial charge >= 0.3 is 0 Å². The molecule has 0 aliphatic heterocycles. The molecule has 0 aliphatic rings. The van der Waals surface area contributed by atoms with Gasteiger partial charge in [0, 0.05) is 6.20 Å². The Morgan fingerprint density at radius 2 is 2.21 bits per heavy atom. The van der Waals surface area contributed by atoms with E-state index in [4.69, 9.17) is 11.0 Å². The lowest BCUT2D eigenvalue weighted by Crippen LogP contribution is -2.02. The number of nitrogens with zero attached hydrogens (tertiary/aromatic N) is 2. The number of anilines is 1. The van der Waals surface area contributed by atoms with Gasteiger partial charge in [-0.15, -0.1) is 0 Å². The summed E-state index contributed by atoms with van der Waals surface area (Å²) < 4.78 is 12.3. The van der Waals surface area contributed by atoms with Crippen LogP contribution >= 0.6 is 0 Å².